The van der Waals surface area contributed by atoms with Crippen molar-refractivity contribution in [3.8, 4) is 11.5 Å². The number of nitrogens with one attached hydrogen (secondary N) is 2. The zero-order chi connectivity index (χ0) is 15.7. The number of carbonyl (C=O) groups is 1. The van der Waals surface area contributed by atoms with E-state index in [1.165, 1.54) is 0 Å². The molecule has 0 aliphatic carbocycles. The lowest BCUT2D eigenvalue weighted by Crippen LogP contribution is -2.27. The molecule has 0 aliphatic heterocycles. The molecule has 0 saturated carbocycles. The summed E-state index contributed by atoms with van der Waals surface area (Å²) in [6.07, 6.45) is 1.36. The Kier molecular flexibility index (Phi) is 7.61. The van der Waals surface area contributed by atoms with Gasteiger partial charge in [0.05, 0.1) is 14.2 Å². The lowest BCUT2D eigenvalue weighted by molar-refractivity contribution is -0.121. The molecule has 1 aromatic carbocycles. The molecule has 5 heteroatoms. The maximum atomic E-state index is 11.8. The monoisotopic (exact) mass is 294 g/mol. The van der Waals surface area contributed by atoms with Crippen LogP contribution in [0.25, 0.3) is 0 Å². The van der Waals surface area contributed by atoms with Crippen LogP contribution in [0.5, 0.6) is 11.5 Å². The third kappa shape index (κ3) is 6.49. The van der Waals surface area contributed by atoms with Crippen molar-refractivity contribution < 1.29 is 14.3 Å². The van der Waals surface area contributed by atoms with Crippen molar-refractivity contribution in [1.29, 1.82) is 0 Å². The van der Waals surface area contributed by atoms with Gasteiger partial charge in [-0.15, -0.1) is 0 Å². The molecule has 0 saturated heterocycles. The highest BCUT2D eigenvalue weighted by atomic mass is 16.5. The summed E-state index contributed by atoms with van der Waals surface area (Å²) in [6.45, 7) is 5.51. The lowest BCUT2D eigenvalue weighted by atomic mass is 10.2. The number of methoxy groups -OCH3 is 2. The van der Waals surface area contributed by atoms with Crippen LogP contribution in [0.4, 0.5) is 0 Å². The number of hydrogen-bond acceptors (Lipinski definition) is 4. The first-order valence-corrected chi connectivity index (χ1v) is 7.27. The molecule has 0 aliphatic rings. The topological polar surface area (TPSA) is 59.6 Å². The number of ether oxygens (including phenoxy) is 2. The predicted molar refractivity (Wildman–Crippen MR) is 83.8 cm³/mol. The molecule has 1 rings (SSSR count). The van der Waals surface area contributed by atoms with Gasteiger partial charge in [0.25, 0.3) is 0 Å². The van der Waals surface area contributed by atoms with Crippen molar-refractivity contribution in [2.45, 2.75) is 39.3 Å². The van der Waals surface area contributed by atoms with Gasteiger partial charge in [0.1, 0.15) is 11.5 Å². The Morgan fingerprint density at radius 2 is 2.00 bits per heavy atom. The van der Waals surface area contributed by atoms with Gasteiger partial charge in [0.15, 0.2) is 0 Å². The first-order valence-electron chi connectivity index (χ1n) is 7.27. The fraction of sp³-hybridized carbons (Fsp3) is 0.562. The van der Waals surface area contributed by atoms with Gasteiger partial charge >= 0.3 is 0 Å². The minimum Gasteiger partial charge on any atom is -0.497 e. The quantitative estimate of drug-likeness (QED) is 0.685. The van der Waals surface area contributed by atoms with Gasteiger partial charge in [-0.2, -0.15) is 0 Å². The van der Waals surface area contributed by atoms with Gasteiger partial charge in [0.2, 0.25) is 5.91 Å². The molecular formula is C16H26N2O3. The van der Waals surface area contributed by atoms with E-state index in [9.17, 15) is 4.79 Å². The summed E-state index contributed by atoms with van der Waals surface area (Å²) in [5.41, 5.74) is 0.937. The standard InChI is InChI=1S/C16H26N2O3/c1-12(2)17-9-5-6-16(19)18-11-13-7-8-14(20-3)10-15(13)21-4/h7-8,10,12,17H,5-6,9,11H2,1-4H3,(H,18,19). The van der Waals surface area contributed by atoms with Crippen LogP contribution in [0.1, 0.15) is 32.3 Å². The average molecular weight is 294 g/mol. The fourth-order valence-electron chi connectivity index (χ4n) is 1.92. The molecule has 21 heavy (non-hydrogen) atoms. The van der Waals surface area contributed by atoms with Crippen LogP contribution in [-0.2, 0) is 11.3 Å². The zero-order valence-electron chi connectivity index (χ0n) is 13.4. The van der Waals surface area contributed by atoms with Crippen LogP contribution in [-0.4, -0.2) is 32.7 Å². The highest BCUT2D eigenvalue weighted by Gasteiger charge is 2.07. The first-order chi connectivity index (χ1) is 10.1. The van der Waals surface area contributed by atoms with Crippen LogP contribution in [0.3, 0.4) is 0 Å². The molecule has 0 heterocycles. The van der Waals surface area contributed by atoms with E-state index in [-0.39, 0.29) is 5.91 Å². The third-order valence-electron chi connectivity index (χ3n) is 3.10. The van der Waals surface area contributed by atoms with E-state index >= 15 is 0 Å². The number of rotatable bonds is 9. The van der Waals surface area contributed by atoms with Crippen LogP contribution in [0, 0.1) is 0 Å². The van der Waals surface area contributed by atoms with E-state index in [2.05, 4.69) is 24.5 Å². The van der Waals surface area contributed by atoms with Crippen molar-refractivity contribution in [3.63, 3.8) is 0 Å². The molecule has 0 bridgehead atoms. The summed E-state index contributed by atoms with van der Waals surface area (Å²) in [5, 5.41) is 6.20. The Morgan fingerprint density at radius 1 is 1.24 bits per heavy atom. The summed E-state index contributed by atoms with van der Waals surface area (Å²) in [5.74, 6) is 1.51. The van der Waals surface area contributed by atoms with E-state index < -0.39 is 0 Å². The molecule has 0 spiro atoms. The Labute approximate surface area is 127 Å². The van der Waals surface area contributed by atoms with E-state index in [1.807, 2.05) is 18.2 Å². The number of benzene rings is 1. The van der Waals surface area contributed by atoms with Crippen LogP contribution >= 0.6 is 0 Å². The smallest absolute Gasteiger partial charge is 0.220 e. The van der Waals surface area contributed by atoms with Crippen LogP contribution < -0.4 is 20.1 Å². The van der Waals surface area contributed by atoms with Gasteiger partial charge in [0, 0.05) is 30.6 Å². The van der Waals surface area contributed by atoms with E-state index in [0.717, 1.165) is 30.0 Å². The van der Waals surface area contributed by atoms with E-state index in [1.54, 1.807) is 14.2 Å². The van der Waals surface area contributed by atoms with Gasteiger partial charge in [-0.3, -0.25) is 4.79 Å². The summed E-state index contributed by atoms with van der Waals surface area (Å²) in [6, 6.07) is 6.03. The number of amides is 1. The van der Waals surface area contributed by atoms with Crippen molar-refractivity contribution in [2.24, 2.45) is 0 Å². The third-order valence-corrected chi connectivity index (χ3v) is 3.10. The number of hydrogen-bond donors (Lipinski definition) is 2. The van der Waals surface area contributed by atoms with Gasteiger partial charge in [-0.25, -0.2) is 0 Å². The fourth-order valence-corrected chi connectivity index (χ4v) is 1.92. The minimum atomic E-state index is 0.0541. The largest absolute Gasteiger partial charge is 0.497 e. The molecule has 118 valence electrons. The summed E-state index contributed by atoms with van der Waals surface area (Å²) < 4.78 is 10.5. The van der Waals surface area contributed by atoms with Gasteiger partial charge in [-0.1, -0.05) is 13.8 Å². The molecule has 0 aromatic heterocycles. The maximum Gasteiger partial charge on any atom is 0.220 e. The van der Waals surface area contributed by atoms with Crippen LogP contribution in [0.2, 0.25) is 0 Å². The second kappa shape index (κ2) is 9.23. The lowest BCUT2D eigenvalue weighted by Gasteiger charge is -2.12. The molecule has 0 radical (unpaired) electrons. The maximum absolute atomic E-state index is 11.8. The second-order valence-electron chi connectivity index (χ2n) is 5.17. The SMILES string of the molecule is COc1ccc(CNC(=O)CCCNC(C)C)c(OC)c1. The predicted octanol–water partition coefficient (Wildman–Crippen LogP) is 2.10. The molecule has 1 amide bonds. The minimum absolute atomic E-state index is 0.0541. The summed E-state index contributed by atoms with van der Waals surface area (Å²) in [7, 11) is 3.22. The molecule has 2 N–H and O–H groups in total. The van der Waals surface area contributed by atoms with Crippen LogP contribution in [0.15, 0.2) is 18.2 Å². The molecule has 0 atom stereocenters. The Bertz CT molecular complexity index is 447. The Morgan fingerprint density at radius 3 is 2.62 bits per heavy atom. The Hall–Kier alpha value is -1.75. The highest BCUT2D eigenvalue weighted by molar-refractivity contribution is 5.75. The highest BCUT2D eigenvalue weighted by Crippen LogP contribution is 2.24. The molecular weight excluding hydrogens is 268 g/mol. The first kappa shape index (κ1) is 17.3. The van der Waals surface area contributed by atoms with Crippen molar-refractivity contribution in [3.05, 3.63) is 23.8 Å². The Balaban J connectivity index is 2.39. The average Bonchev–Trinajstić information content (AvgIpc) is 2.49. The van der Waals surface area contributed by atoms with E-state index in [4.69, 9.17) is 9.47 Å². The van der Waals surface area contributed by atoms with Gasteiger partial charge < -0.3 is 20.1 Å². The molecule has 5 nitrogen and oxygen atoms in total. The summed E-state index contributed by atoms with van der Waals surface area (Å²) >= 11 is 0. The molecule has 0 unspecified atom stereocenters. The van der Waals surface area contributed by atoms with Crippen molar-refractivity contribution in [1.82, 2.24) is 10.6 Å². The zero-order valence-corrected chi connectivity index (χ0v) is 13.4. The molecule has 1 aromatic rings. The van der Waals surface area contributed by atoms with Gasteiger partial charge in [-0.05, 0) is 25.1 Å². The van der Waals surface area contributed by atoms with E-state index in [0.29, 0.717) is 19.0 Å². The molecule has 0 fully saturated rings. The van der Waals surface area contributed by atoms with Crippen molar-refractivity contribution >= 4 is 5.91 Å². The van der Waals surface area contributed by atoms with Crippen molar-refractivity contribution in [2.75, 3.05) is 20.8 Å². The second-order valence-corrected chi connectivity index (χ2v) is 5.17. The summed E-state index contributed by atoms with van der Waals surface area (Å²) in [4.78, 5) is 11.8. The normalized spacial score (nSPS) is 10.5. The number of carbonyl (C=O) groups excluding carboxylic acids is 1.